The number of hydrogen-bond donors (Lipinski definition) is 1. The second kappa shape index (κ2) is 4.51. The first kappa shape index (κ1) is 11.4. The minimum Gasteiger partial charge on any atom is -0.476 e. The number of rotatable bonds is 3. The SMILES string of the molecule is O=C(O)c1ncsc1CN1Cc2ccccc2C1. The van der Waals surface area contributed by atoms with Crippen LogP contribution in [0.3, 0.4) is 0 Å². The molecule has 92 valence electrons. The normalized spacial score (nSPS) is 14.7. The highest BCUT2D eigenvalue weighted by Crippen LogP contribution is 2.25. The molecule has 2 aromatic rings. The molecule has 1 aromatic heterocycles. The zero-order valence-electron chi connectivity index (χ0n) is 9.67. The number of aromatic carboxylic acids is 1. The maximum atomic E-state index is 11.0. The van der Waals surface area contributed by atoms with Crippen LogP contribution in [0.5, 0.6) is 0 Å². The van der Waals surface area contributed by atoms with Gasteiger partial charge in [0, 0.05) is 19.6 Å². The predicted molar refractivity (Wildman–Crippen MR) is 68.5 cm³/mol. The van der Waals surface area contributed by atoms with Gasteiger partial charge in [0.2, 0.25) is 0 Å². The van der Waals surface area contributed by atoms with Crippen LogP contribution in [0.15, 0.2) is 29.8 Å². The van der Waals surface area contributed by atoms with E-state index < -0.39 is 5.97 Å². The van der Waals surface area contributed by atoms with Gasteiger partial charge >= 0.3 is 5.97 Å². The van der Waals surface area contributed by atoms with Gasteiger partial charge in [-0.2, -0.15) is 0 Å². The molecule has 4 nitrogen and oxygen atoms in total. The lowest BCUT2D eigenvalue weighted by atomic mass is 10.1. The number of carboxylic acid groups (broad SMARTS) is 1. The summed E-state index contributed by atoms with van der Waals surface area (Å²) in [6.07, 6.45) is 0. The van der Waals surface area contributed by atoms with E-state index in [1.165, 1.54) is 22.5 Å². The van der Waals surface area contributed by atoms with Crippen LogP contribution >= 0.6 is 11.3 Å². The van der Waals surface area contributed by atoms with Gasteiger partial charge in [-0.1, -0.05) is 24.3 Å². The maximum Gasteiger partial charge on any atom is 0.355 e. The molecule has 0 atom stereocenters. The zero-order chi connectivity index (χ0) is 12.5. The summed E-state index contributed by atoms with van der Waals surface area (Å²) in [5.41, 5.74) is 4.45. The Kier molecular flexibility index (Phi) is 2.85. The van der Waals surface area contributed by atoms with Crippen LogP contribution in [0.25, 0.3) is 0 Å². The lowest BCUT2D eigenvalue weighted by molar-refractivity contribution is 0.0689. The molecule has 0 spiro atoms. The fourth-order valence-corrected chi connectivity index (χ4v) is 3.07. The molecule has 0 bridgehead atoms. The topological polar surface area (TPSA) is 53.4 Å². The van der Waals surface area contributed by atoms with Gasteiger partial charge in [-0.25, -0.2) is 9.78 Å². The van der Waals surface area contributed by atoms with Crippen molar-refractivity contribution in [1.82, 2.24) is 9.88 Å². The van der Waals surface area contributed by atoms with Crippen molar-refractivity contribution >= 4 is 17.3 Å². The fraction of sp³-hybridized carbons (Fsp3) is 0.231. The average Bonchev–Trinajstić information content (AvgIpc) is 2.94. The van der Waals surface area contributed by atoms with Gasteiger partial charge in [-0.05, 0) is 11.1 Å². The Morgan fingerprint density at radius 3 is 2.61 bits per heavy atom. The Morgan fingerprint density at radius 1 is 1.33 bits per heavy atom. The first-order valence-electron chi connectivity index (χ1n) is 5.69. The number of hydrogen-bond acceptors (Lipinski definition) is 4. The van der Waals surface area contributed by atoms with E-state index in [0.29, 0.717) is 6.54 Å². The Labute approximate surface area is 109 Å². The quantitative estimate of drug-likeness (QED) is 0.920. The molecule has 0 amide bonds. The van der Waals surface area contributed by atoms with E-state index in [-0.39, 0.29) is 5.69 Å². The maximum absolute atomic E-state index is 11.0. The van der Waals surface area contributed by atoms with Crippen molar-refractivity contribution in [3.05, 3.63) is 51.5 Å². The summed E-state index contributed by atoms with van der Waals surface area (Å²) >= 11 is 1.41. The first-order valence-corrected chi connectivity index (χ1v) is 6.57. The summed E-state index contributed by atoms with van der Waals surface area (Å²) in [5, 5.41) is 9.03. The van der Waals surface area contributed by atoms with Gasteiger partial charge in [-0.15, -0.1) is 11.3 Å². The lowest BCUT2D eigenvalue weighted by Crippen LogP contribution is -2.16. The summed E-state index contributed by atoms with van der Waals surface area (Å²) in [6, 6.07) is 8.33. The number of benzene rings is 1. The highest BCUT2D eigenvalue weighted by Gasteiger charge is 2.21. The van der Waals surface area contributed by atoms with Crippen LogP contribution in [0.4, 0.5) is 0 Å². The molecule has 1 aliphatic rings. The second-order valence-electron chi connectivity index (χ2n) is 4.34. The standard InChI is InChI=1S/C13H12N2O2S/c16-13(17)12-11(18-8-14-12)7-15-5-9-3-1-2-4-10(9)6-15/h1-4,8H,5-7H2,(H,16,17). The molecule has 3 rings (SSSR count). The van der Waals surface area contributed by atoms with Crippen molar-refractivity contribution in [3.63, 3.8) is 0 Å². The summed E-state index contributed by atoms with van der Waals surface area (Å²) < 4.78 is 0. The van der Waals surface area contributed by atoms with Gasteiger partial charge in [0.1, 0.15) is 0 Å². The Balaban J connectivity index is 1.76. The molecule has 0 aliphatic carbocycles. The fourth-order valence-electron chi connectivity index (χ4n) is 2.28. The smallest absolute Gasteiger partial charge is 0.355 e. The Hall–Kier alpha value is -1.72. The van der Waals surface area contributed by atoms with Gasteiger partial charge in [-0.3, -0.25) is 4.90 Å². The molecule has 2 heterocycles. The third-order valence-electron chi connectivity index (χ3n) is 3.12. The average molecular weight is 260 g/mol. The van der Waals surface area contributed by atoms with Crippen LogP contribution in [0.2, 0.25) is 0 Å². The van der Waals surface area contributed by atoms with E-state index in [2.05, 4.69) is 22.0 Å². The molecule has 0 saturated heterocycles. The summed E-state index contributed by atoms with van der Waals surface area (Å²) in [4.78, 5) is 18.0. The number of aromatic nitrogens is 1. The third-order valence-corrected chi connectivity index (χ3v) is 3.93. The number of nitrogens with zero attached hydrogens (tertiary/aromatic N) is 2. The van der Waals surface area contributed by atoms with Crippen LogP contribution in [-0.4, -0.2) is 21.0 Å². The number of carboxylic acids is 1. The van der Waals surface area contributed by atoms with E-state index >= 15 is 0 Å². The van der Waals surface area contributed by atoms with Gasteiger partial charge < -0.3 is 5.11 Å². The predicted octanol–water partition coefficient (Wildman–Crippen LogP) is 2.36. The highest BCUT2D eigenvalue weighted by molar-refractivity contribution is 7.09. The number of fused-ring (bicyclic) bond motifs is 1. The van der Waals surface area contributed by atoms with E-state index in [1.54, 1.807) is 5.51 Å². The summed E-state index contributed by atoms with van der Waals surface area (Å²) in [7, 11) is 0. The molecule has 0 radical (unpaired) electrons. The van der Waals surface area contributed by atoms with Gasteiger partial charge in [0.15, 0.2) is 5.69 Å². The molecule has 0 unspecified atom stereocenters. The van der Waals surface area contributed by atoms with E-state index in [1.807, 2.05) is 12.1 Å². The minimum absolute atomic E-state index is 0.191. The molecule has 1 N–H and O–H groups in total. The van der Waals surface area contributed by atoms with E-state index in [9.17, 15) is 4.79 Å². The van der Waals surface area contributed by atoms with Crippen molar-refractivity contribution < 1.29 is 9.90 Å². The molecular weight excluding hydrogens is 248 g/mol. The van der Waals surface area contributed by atoms with Crippen molar-refractivity contribution in [2.75, 3.05) is 0 Å². The Bertz CT molecular complexity index is 569. The molecule has 5 heteroatoms. The summed E-state index contributed by atoms with van der Waals surface area (Å²) in [5.74, 6) is -0.942. The van der Waals surface area contributed by atoms with Gasteiger partial charge in [0.25, 0.3) is 0 Å². The molecular formula is C13H12N2O2S. The summed E-state index contributed by atoms with van der Waals surface area (Å²) in [6.45, 7) is 2.42. The van der Waals surface area contributed by atoms with Crippen molar-refractivity contribution in [1.29, 1.82) is 0 Å². The van der Waals surface area contributed by atoms with Gasteiger partial charge in [0.05, 0.1) is 10.4 Å². The molecule has 0 fully saturated rings. The van der Waals surface area contributed by atoms with Crippen molar-refractivity contribution in [2.24, 2.45) is 0 Å². The zero-order valence-corrected chi connectivity index (χ0v) is 10.5. The first-order chi connectivity index (χ1) is 8.74. The lowest BCUT2D eigenvalue weighted by Gasteiger charge is -2.13. The highest BCUT2D eigenvalue weighted by atomic mass is 32.1. The number of carbonyl (C=O) groups is 1. The second-order valence-corrected chi connectivity index (χ2v) is 5.28. The molecule has 1 aromatic carbocycles. The molecule has 0 saturated carbocycles. The van der Waals surface area contributed by atoms with Crippen molar-refractivity contribution in [3.8, 4) is 0 Å². The largest absolute Gasteiger partial charge is 0.476 e. The van der Waals surface area contributed by atoms with Crippen LogP contribution < -0.4 is 0 Å². The molecule has 18 heavy (non-hydrogen) atoms. The van der Waals surface area contributed by atoms with E-state index in [0.717, 1.165) is 18.0 Å². The van der Waals surface area contributed by atoms with Crippen LogP contribution in [0.1, 0.15) is 26.5 Å². The Morgan fingerprint density at radius 2 is 2.00 bits per heavy atom. The van der Waals surface area contributed by atoms with Crippen molar-refractivity contribution in [2.45, 2.75) is 19.6 Å². The van der Waals surface area contributed by atoms with Crippen LogP contribution in [-0.2, 0) is 19.6 Å². The molecule has 1 aliphatic heterocycles. The third kappa shape index (κ3) is 2.02. The van der Waals surface area contributed by atoms with Crippen LogP contribution in [0, 0.1) is 0 Å². The minimum atomic E-state index is -0.942. The monoisotopic (exact) mass is 260 g/mol. The van der Waals surface area contributed by atoms with E-state index in [4.69, 9.17) is 5.11 Å². The number of thiazole rings is 1.